The Bertz CT molecular complexity index is 1310. The average Bonchev–Trinajstić information content (AvgIpc) is 3.21. The first-order valence-electron chi connectivity index (χ1n) is 12.1. The van der Waals surface area contributed by atoms with Crippen LogP contribution in [0.1, 0.15) is 56.2 Å². The number of anilines is 2. The third kappa shape index (κ3) is 4.95. The van der Waals surface area contributed by atoms with Gasteiger partial charge in [0.2, 0.25) is 0 Å². The molecule has 190 valence electrons. The summed E-state index contributed by atoms with van der Waals surface area (Å²) in [7, 11) is 0. The predicted molar refractivity (Wildman–Crippen MR) is 132 cm³/mol. The number of aryl methyl sites for hydroxylation is 1. The van der Waals surface area contributed by atoms with Crippen LogP contribution in [0, 0.1) is 18.7 Å². The van der Waals surface area contributed by atoms with E-state index in [1.54, 1.807) is 25.5 Å². The van der Waals surface area contributed by atoms with Crippen molar-refractivity contribution in [3.63, 3.8) is 0 Å². The van der Waals surface area contributed by atoms with Gasteiger partial charge in [-0.2, -0.15) is 0 Å². The minimum atomic E-state index is -0.537. The lowest BCUT2D eigenvalue weighted by atomic mass is 9.96. The fraction of sp³-hybridized carbons (Fsp3) is 0.480. The van der Waals surface area contributed by atoms with Crippen molar-refractivity contribution in [3.05, 3.63) is 48.1 Å². The molecule has 2 amide bonds. The number of imidazole rings is 1. The lowest BCUT2D eigenvalue weighted by Gasteiger charge is -2.27. The fourth-order valence-corrected chi connectivity index (χ4v) is 4.74. The first-order valence-corrected chi connectivity index (χ1v) is 12.1. The van der Waals surface area contributed by atoms with Crippen molar-refractivity contribution in [2.24, 2.45) is 5.92 Å². The summed E-state index contributed by atoms with van der Waals surface area (Å²) >= 11 is 0. The number of hydrogen-bond acceptors (Lipinski definition) is 7. The zero-order valence-electron chi connectivity index (χ0n) is 20.8. The number of nitrogens with zero attached hydrogens (tertiary/aromatic N) is 5. The molecule has 0 unspecified atom stereocenters. The summed E-state index contributed by atoms with van der Waals surface area (Å²) < 4.78 is 21.3. The Labute approximate surface area is 208 Å². The SMILES string of the molecule is Cc1cn2cc(NC(=O)c3cnc(N4CC[C@@H](C5(NC(=O)OC(C)(C)C)CC5)C4)cn3)cc(F)c2n1. The van der Waals surface area contributed by atoms with E-state index in [9.17, 15) is 14.0 Å². The Kier molecular flexibility index (Phi) is 5.80. The summed E-state index contributed by atoms with van der Waals surface area (Å²) in [5.74, 6) is -0.0576. The first kappa shape index (κ1) is 24.0. The highest BCUT2D eigenvalue weighted by atomic mass is 19.1. The molecule has 1 saturated heterocycles. The monoisotopic (exact) mass is 495 g/mol. The fourth-order valence-electron chi connectivity index (χ4n) is 4.74. The molecule has 2 N–H and O–H groups in total. The van der Waals surface area contributed by atoms with Gasteiger partial charge in [-0.3, -0.25) is 4.79 Å². The van der Waals surface area contributed by atoms with Crippen LogP contribution in [-0.2, 0) is 4.74 Å². The molecule has 0 radical (unpaired) electrons. The summed E-state index contributed by atoms with van der Waals surface area (Å²) in [4.78, 5) is 39.9. The van der Waals surface area contributed by atoms with Crippen molar-refractivity contribution >= 4 is 29.2 Å². The van der Waals surface area contributed by atoms with E-state index in [-0.39, 0.29) is 28.9 Å². The third-order valence-corrected chi connectivity index (χ3v) is 6.59. The van der Waals surface area contributed by atoms with Crippen LogP contribution in [0.5, 0.6) is 0 Å². The molecule has 0 spiro atoms. The largest absolute Gasteiger partial charge is 0.444 e. The summed E-state index contributed by atoms with van der Waals surface area (Å²) in [5, 5.41) is 5.76. The van der Waals surface area contributed by atoms with Crippen molar-refractivity contribution in [1.29, 1.82) is 0 Å². The van der Waals surface area contributed by atoms with E-state index >= 15 is 0 Å². The lowest BCUT2D eigenvalue weighted by Crippen LogP contribution is -2.45. The van der Waals surface area contributed by atoms with Gasteiger partial charge >= 0.3 is 6.09 Å². The van der Waals surface area contributed by atoms with Gasteiger partial charge in [-0.15, -0.1) is 0 Å². The molecule has 0 bridgehead atoms. The molecule has 1 atom stereocenters. The minimum Gasteiger partial charge on any atom is -0.444 e. The minimum absolute atomic E-state index is 0.127. The molecule has 2 aliphatic rings. The van der Waals surface area contributed by atoms with Gasteiger partial charge in [-0.1, -0.05) is 0 Å². The number of aromatic nitrogens is 4. The Morgan fingerprint density at radius 1 is 1.19 bits per heavy atom. The van der Waals surface area contributed by atoms with Gasteiger partial charge in [0.1, 0.15) is 17.1 Å². The summed E-state index contributed by atoms with van der Waals surface area (Å²) in [6.07, 6.45) is 8.67. The molecular weight excluding hydrogens is 465 g/mol. The maximum absolute atomic E-state index is 14.3. The molecule has 0 aromatic carbocycles. The Morgan fingerprint density at radius 3 is 2.64 bits per heavy atom. The number of pyridine rings is 1. The first-order chi connectivity index (χ1) is 17.0. The second kappa shape index (κ2) is 8.72. The van der Waals surface area contributed by atoms with Gasteiger partial charge in [0.25, 0.3) is 5.91 Å². The maximum Gasteiger partial charge on any atom is 0.408 e. The number of fused-ring (bicyclic) bond motifs is 1. The molecule has 5 rings (SSSR count). The molecule has 36 heavy (non-hydrogen) atoms. The second-order valence-electron chi connectivity index (χ2n) is 10.6. The van der Waals surface area contributed by atoms with Crippen LogP contribution >= 0.6 is 0 Å². The van der Waals surface area contributed by atoms with Crippen molar-refractivity contribution in [2.75, 3.05) is 23.3 Å². The van der Waals surface area contributed by atoms with Crippen molar-refractivity contribution in [3.8, 4) is 0 Å². The van der Waals surface area contributed by atoms with E-state index in [4.69, 9.17) is 4.74 Å². The Balaban J connectivity index is 1.20. The number of carbonyl (C=O) groups is 2. The van der Waals surface area contributed by atoms with Crippen LogP contribution in [0.15, 0.2) is 30.9 Å². The normalized spacial score (nSPS) is 18.8. The van der Waals surface area contributed by atoms with Crippen molar-refractivity contribution in [2.45, 2.75) is 58.1 Å². The number of alkyl carbamates (subject to hydrolysis) is 1. The van der Waals surface area contributed by atoms with Gasteiger partial charge in [0, 0.05) is 43.0 Å². The number of ether oxygens (including phenoxy) is 1. The maximum atomic E-state index is 14.3. The second-order valence-corrected chi connectivity index (χ2v) is 10.6. The highest BCUT2D eigenvalue weighted by Crippen LogP contribution is 2.46. The van der Waals surface area contributed by atoms with Crippen LogP contribution in [-0.4, -0.2) is 55.6 Å². The summed E-state index contributed by atoms with van der Waals surface area (Å²) in [6.45, 7) is 8.84. The van der Waals surface area contributed by atoms with E-state index in [1.807, 2.05) is 20.8 Å². The summed E-state index contributed by atoms with van der Waals surface area (Å²) in [5.41, 5.74) is 0.536. The Hall–Kier alpha value is -3.76. The van der Waals surface area contributed by atoms with E-state index in [0.717, 1.165) is 32.4 Å². The van der Waals surface area contributed by atoms with Crippen LogP contribution in [0.4, 0.5) is 20.7 Å². The highest BCUT2D eigenvalue weighted by molar-refractivity contribution is 6.02. The van der Waals surface area contributed by atoms with Gasteiger partial charge in [-0.25, -0.2) is 24.1 Å². The molecule has 1 aliphatic heterocycles. The molecule has 1 saturated carbocycles. The molecule has 4 heterocycles. The van der Waals surface area contributed by atoms with Gasteiger partial charge < -0.3 is 24.7 Å². The third-order valence-electron chi connectivity index (χ3n) is 6.59. The highest BCUT2D eigenvalue weighted by Gasteiger charge is 2.53. The van der Waals surface area contributed by atoms with Crippen LogP contribution < -0.4 is 15.5 Å². The topological polar surface area (TPSA) is 114 Å². The van der Waals surface area contributed by atoms with Crippen molar-refractivity contribution < 1.29 is 18.7 Å². The van der Waals surface area contributed by atoms with Crippen LogP contribution in [0.25, 0.3) is 5.65 Å². The van der Waals surface area contributed by atoms with Gasteiger partial charge in [0.15, 0.2) is 11.5 Å². The predicted octanol–water partition coefficient (Wildman–Crippen LogP) is 3.71. The quantitative estimate of drug-likeness (QED) is 0.555. The smallest absolute Gasteiger partial charge is 0.408 e. The number of amides is 2. The molecule has 1 aliphatic carbocycles. The number of nitrogens with one attached hydrogen (secondary N) is 2. The van der Waals surface area contributed by atoms with Gasteiger partial charge in [-0.05, 0) is 47.0 Å². The van der Waals surface area contributed by atoms with E-state index in [0.29, 0.717) is 17.2 Å². The molecule has 2 fully saturated rings. The van der Waals surface area contributed by atoms with Gasteiger partial charge in [0.05, 0.1) is 23.8 Å². The molecule has 3 aromatic rings. The van der Waals surface area contributed by atoms with E-state index in [2.05, 4.69) is 30.5 Å². The van der Waals surface area contributed by atoms with Crippen LogP contribution in [0.2, 0.25) is 0 Å². The standard InChI is InChI=1S/C25H30FN7O3/c1-15-12-33-14-17(9-18(26)21(33)29-15)30-22(34)19-10-28-20(11-27-19)32-8-5-16(13-32)25(6-7-25)31-23(35)36-24(2,3)4/h9-12,14,16H,5-8,13H2,1-4H3,(H,30,34)(H,31,35)/t16-/m1/s1. The zero-order valence-corrected chi connectivity index (χ0v) is 20.8. The number of halogens is 1. The molecular formula is C25H30FN7O3. The lowest BCUT2D eigenvalue weighted by molar-refractivity contribution is 0.0477. The average molecular weight is 496 g/mol. The van der Waals surface area contributed by atoms with Crippen molar-refractivity contribution in [1.82, 2.24) is 24.7 Å². The zero-order chi connectivity index (χ0) is 25.7. The van der Waals surface area contributed by atoms with E-state index in [1.165, 1.54) is 16.7 Å². The molecule has 10 nitrogen and oxygen atoms in total. The molecule has 3 aromatic heterocycles. The number of hydrogen-bond donors (Lipinski definition) is 2. The number of carbonyl (C=O) groups excluding carboxylic acids is 2. The molecule has 11 heteroatoms. The summed E-state index contributed by atoms with van der Waals surface area (Å²) in [6, 6.07) is 1.23. The number of rotatable bonds is 5. The Morgan fingerprint density at radius 2 is 1.97 bits per heavy atom. The van der Waals surface area contributed by atoms with Crippen LogP contribution in [0.3, 0.4) is 0 Å². The van der Waals surface area contributed by atoms with E-state index < -0.39 is 17.3 Å².